The molecule has 2 heterocycles. The van der Waals surface area contributed by atoms with Gasteiger partial charge in [-0.25, -0.2) is 9.97 Å². The number of hydrogen-bond donors (Lipinski definition) is 5. The Morgan fingerprint density at radius 1 is 1.23 bits per heavy atom. The lowest BCUT2D eigenvalue weighted by atomic mass is 9.80. The van der Waals surface area contributed by atoms with Crippen molar-refractivity contribution in [3.63, 3.8) is 0 Å². The molecule has 9 nitrogen and oxygen atoms in total. The van der Waals surface area contributed by atoms with Crippen LogP contribution in [0.15, 0.2) is 30.5 Å². The Kier molecular flexibility index (Phi) is 6.64. The van der Waals surface area contributed by atoms with E-state index in [1.807, 2.05) is 26.0 Å². The standard InChI is InChI=1S/C15H18BN5O2.CH2O2/c1-9(2)14-19-12-8-18-21-13(12)15(20-14)17-7-10-3-5-11(6-4-10)16(22)23;2-1-3/h3-6,8-9,22-23H,7H2,1-2H3,(H,18,21)(H,17,19,20);1H,(H,2,3). The zero-order valence-corrected chi connectivity index (χ0v) is 14.4. The quantitative estimate of drug-likeness (QED) is 0.327. The minimum Gasteiger partial charge on any atom is -0.483 e. The Balaban J connectivity index is 0.000000758. The highest BCUT2D eigenvalue weighted by Crippen LogP contribution is 2.21. The van der Waals surface area contributed by atoms with E-state index in [1.54, 1.807) is 18.3 Å². The maximum absolute atomic E-state index is 9.11. The Hall–Kier alpha value is -2.98. The van der Waals surface area contributed by atoms with Crippen molar-refractivity contribution in [3.05, 3.63) is 41.9 Å². The predicted octanol–water partition coefficient (Wildman–Crippen LogP) is 0.469. The SMILES string of the molecule is CC(C)c1nc(NCc2ccc(B(O)O)cc2)c2[nH]ncc2n1.O=CO. The number of rotatable bonds is 5. The van der Waals surface area contributed by atoms with Crippen molar-refractivity contribution < 1.29 is 19.9 Å². The van der Waals surface area contributed by atoms with Gasteiger partial charge in [-0.1, -0.05) is 38.1 Å². The summed E-state index contributed by atoms with van der Waals surface area (Å²) in [6, 6.07) is 7.06. The van der Waals surface area contributed by atoms with E-state index in [-0.39, 0.29) is 12.4 Å². The van der Waals surface area contributed by atoms with Crippen molar-refractivity contribution in [3.8, 4) is 0 Å². The lowest BCUT2D eigenvalue weighted by Gasteiger charge is -2.10. The van der Waals surface area contributed by atoms with Gasteiger partial charge in [0.15, 0.2) is 5.82 Å². The van der Waals surface area contributed by atoms with Crippen LogP contribution in [0.2, 0.25) is 0 Å². The second-order valence-corrected chi connectivity index (χ2v) is 5.79. The first-order chi connectivity index (χ1) is 12.5. The molecule has 0 aliphatic rings. The van der Waals surface area contributed by atoms with Crippen molar-refractivity contribution in [2.45, 2.75) is 26.3 Å². The van der Waals surface area contributed by atoms with Crippen molar-refractivity contribution >= 4 is 35.9 Å². The number of aromatic nitrogens is 4. The third-order valence-electron chi connectivity index (χ3n) is 3.57. The van der Waals surface area contributed by atoms with E-state index in [4.69, 9.17) is 19.9 Å². The van der Waals surface area contributed by atoms with Crippen molar-refractivity contribution in [1.29, 1.82) is 0 Å². The number of aromatic amines is 1. The molecule has 136 valence electrons. The van der Waals surface area contributed by atoms with E-state index in [2.05, 4.69) is 25.5 Å². The average molecular weight is 357 g/mol. The second-order valence-electron chi connectivity index (χ2n) is 5.79. The molecule has 5 N–H and O–H groups in total. The first-order valence-electron chi connectivity index (χ1n) is 7.94. The minimum absolute atomic E-state index is 0.222. The van der Waals surface area contributed by atoms with E-state index >= 15 is 0 Å². The molecule has 2 aromatic heterocycles. The zero-order chi connectivity index (χ0) is 19.1. The maximum atomic E-state index is 9.11. The summed E-state index contributed by atoms with van der Waals surface area (Å²) in [6.07, 6.45) is 1.69. The van der Waals surface area contributed by atoms with Gasteiger partial charge >= 0.3 is 7.12 Å². The molecule has 0 fully saturated rings. The van der Waals surface area contributed by atoms with E-state index < -0.39 is 7.12 Å². The molecule has 0 saturated carbocycles. The molecule has 0 aliphatic heterocycles. The lowest BCUT2D eigenvalue weighted by Crippen LogP contribution is -2.29. The van der Waals surface area contributed by atoms with Gasteiger partial charge in [-0.05, 0) is 11.0 Å². The monoisotopic (exact) mass is 357 g/mol. The molecule has 3 aromatic rings. The number of H-pyrrole nitrogens is 1. The molecule has 0 aliphatic carbocycles. The van der Waals surface area contributed by atoms with Crippen LogP contribution in [-0.4, -0.2) is 48.9 Å². The minimum atomic E-state index is -1.45. The highest BCUT2D eigenvalue weighted by atomic mass is 16.4. The summed E-state index contributed by atoms with van der Waals surface area (Å²) in [5.41, 5.74) is 3.03. The van der Waals surface area contributed by atoms with Gasteiger partial charge in [0.1, 0.15) is 16.9 Å². The summed E-state index contributed by atoms with van der Waals surface area (Å²) in [6.45, 7) is 4.40. The fraction of sp³-hybridized carbons (Fsp3) is 0.250. The largest absolute Gasteiger partial charge is 0.488 e. The molecule has 0 unspecified atom stereocenters. The number of carbonyl (C=O) groups is 1. The summed E-state index contributed by atoms with van der Waals surface area (Å²) in [4.78, 5) is 17.4. The Bertz CT molecular complexity index is 851. The molecule has 3 rings (SSSR count). The summed E-state index contributed by atoms with van der Waals surface area (Å²) in [5, 5.41) is 35.3. The summed E-state index contributed by atoms with van der Waals surface area (Å²) in [5.74, 6) is 1.70. The third kappa shape index (κ3) is 4.77. The molecule has 0 spiro atoms. The number of hydrogen-bond acceptors (Lipinski definition) is 7. The predicted molar refractivity (Wildman–Crippen MR) is 98.1 cm³/mol. The normalized spacial score (nSPS) is 10.3. The van der Waals surface area contributed by atoms with Gasteiger partial charge < -0.3 is 20.5 Å². The number of nitrogens with one attached hydrogen (secondary N) is 2. The van der Waals surface area contributed by atoms with Gasteiger partial charge in [-0.15, -0.1) is 0 Å². The van der Waals surface area contributed by atoms with Gasteiger partial charge in [-0.3, -0.25) is 9.89 Å². The molecular formula is C16H20BN5O4. The molecule has 26 heavy (non-hydrogen) atoms. The van der Waals surface area contributed by atoms with Crippen LogP contribution in [0.4, 0.5) is 5.82 Å². The fourth-order valence-electron chi connectivity index (χ4n) is 2.24. The molecule has 0 bridgehead atoms. The van der Waals surface area contributed by atoms with Crippen LogP contribution in [-0.2, 0) is 11.3 Å². The number of carboxylic acid groups (broad SMARTS) is 1. The number of nitrogens with zero attached hydrogens (tertiary/aromatic N) is 3. The highest BCUT2D eigenvalue weighted by molar-refractivity contribution is 6.58. The Morgan fingerprint density at radius 2 is 1.88 bits per heavy atom. The average Bonchev–Trinajstić information content (AvgIpc) is 3.09. The van der Waals surface area contributed by atoms with Crippen LogP contribution < -0.4 is 10.8 Å². The van der Waals surface area contributed by atoms with Crippen LogP contribution >= 0.6 is 0 Å². The molecular weight excluding hydrogens is 337 g/mol. The van der Waals surface area contributed by atoms with Crippen molar-refractivity contribution in [2.24, 2.45) is 0 Å². The van der Waals surface area contributed by atoms with Gasteiger partial charge in [0.05, 0.1) is 6.20 Å². The third-order valence-corrected chi connectivity index (χ3v) is 3.57. The highest BCUT2D eigenvalue weighted by Gasteiger charge is 2.12. The molecule has 0 saturated heterocycles. The Morgan fingerprint density at radius 3 is 2.46 bits per heavy atom. The maximum Gasteiger partial charge on any atom is 0.488 e. The smallest absolute Gasteiger partial charge is 0.483 e. The van der Waals surface area contributed by atoms with Crippen LogP contribution in [0.3, 0.4) is 0 Å². The van der Waals surface area contributed by atoms with E-state index in [9.17, 15) is 0 Å². The molecule has 0 radical (unpaired) electrons. The number of anilines is 1. The van der Waals surface area contributed by atoms with Crippen LogP contribution in [0, 0.1) is 0 Å². The van der Waals surface area contributed by atoms with Gasteiger partial charge in [0, 0.05) is 12.5 Å². The number of benzene rings is 1. The fourth-order valence-corrected chi connectivity index (χ4v) is 2.24. The van der Waals surface area contributed by atoms with Crippen LogP contribution in [0.5, 0.6) is 0 Å². The van der Waals surface area contributed by atoms with Crippen molar-refractivity contribution in [2.75, 3.05) is 5.32 Å². The van der Waals surface area contributed by atoms with Crippen LogP contribution in [0.25, 0.3) is 11.0 Å². The molecule has 10 heteroatoms. The van der Waals surface area contributed by atoms with Crippen molar-refractivity contribution in [1.82, 2.24) is 20.2 Å². The van der Waals surface area contributed by atoms with Gasteiger partial charge in [0.25, 0.3) is 6.47 Å². The summed E-state index contributed by atoms with van der Waals surface area (Å²) >= 11 is 0. The Labute approximate surface area is 150 Å². The molecule has 0 amide bonds. The van der Waals surface area contributed by atoms with Gasteiger partial charge in [0.2, 0.25) is 0 Å². The lowest BCUT2D eigenvalue weighted by molar-refractivity contribution is -0.122. The van der Waals surface area contributed by atoms with E-state index in [1.165, 1.54) is 0 Å². The number of fused-ring (bicyclic) bond motifs is 1. The first-order valence-corrected chi connectivity index (χ1v) is 7.94. The second kappa shape index (κ2) is 8.93. The molecule has 1 aromatic carbocycles. The zero-order valence-electron chi connectivity index (χ0n) is 14.4. The van der Waals surface area contributed by atoms with Crippen LogP contribution in [0.1, 0.15) is 31.2 Å². The van der Waals surface area contributed by atoms with Gasteiger partial charge in [-0.2, -0.15) is 5.10 Å². The first kappa shape index (κ1) is 19.4. The van der Waals surface area contributed by atoms with E-state index in [0.717, 1.165) is 22.4 Å². The van der Waals surface area contributed by atoms with E-state index in [0.29, 0.717) is 17.8 Å². The topological polar surface area (TPSA) is 144 Å². The summed E-state index contributed by atoms with van der Waals surface area (Å²) in [7, 11) is -1.45. The summed E-state index contributed by atoms with van der Waals surface area (Å²) < 4.78 is 0. The molecule has 0 atom stereocenters.